The van der Waals surface area contributed by atoms with Crippen LogP contribution in [0.2, 0.25) is 0 Å². The number of guanidine groups is 1. The zero-order valence-electron chi connectivity index (χ0n) is 16.0. The molecule has 0 saturated heterocycles. The van der Waals surface area contributed by atoms with Crippen LogP contribution in [0.15, 0.2) is 29.3 Å². The Morgan fingerprint density at radius 2 is 1.71 bits per heavy atom. The molecule has 0 aliphatic heterocycles. The summed E-state index contributed by atoms with van der Waals surface area (Å²) in [4.78, 5) is 4.35. The van der Waals surface area contributed by atoms with Gasteiger partial charge >= 0.3 is 6.18 Å². The molecule has 6 nitrogen and oxygen atoms in total. The van der Waals surface area contributed by atoms with Crippen molar-refractivity contribution < 1.29 is 21.6 Å². The van der Waals surface area contributed by atoms with E-state index in [1.165, 1.54) is 12.1 Å². The van der Waals surface area contributed by atoms with Crippen LogP contribution in [0.1, 0.15) is 31.4 Å². The lowest BCUT2D eigenvalue weighted by Gasteiger charge is -2.12. The summed E-state index contributed by atoms with van der Waals surface area (Å²) in [5, 5.41) is 6.18. The van der Waals surface area contributed by atoms with Gasteiger partial charge in [0.15, 0.2) is 5.96 Å². The van der Waals surface area contributed by atoms with Gasteiger partial charge in [-0.2, -0.15) is 13.2 Å². The van der Waals surface area contributed by atoms with E-state index in [2.05, 4.69) is 20.3 Å². The number of hydrogen-bond acceptors (Lipinski definition) is 3. The number of benzene rings is 1. The third-order valence-corrected chi connectivity index (χ3v) is 5.04. The zero-order valence-corrected chi connectivity index (χ0v) is 19.1. The van der Waals surface area contributed by atoms with E-state index in [0.29, 0.717) is 45.0 Å². The minimum absolute atomic E-state index is 0. The van der Waals surface area contributed by atoms with Crippen LogP contribution in [0.4, 0.5) is 13.2 Å². The molecule has 0 aliphatic carbocycles. The summed E-state index contributed by atoms with van der Waals surface area (Å²) in [6.07, 6.45) is -3.21. The van der Waals surface area contributed by atoms with Gasteiger partial charge in [-0.25, -0.2) is 13.1 Å². The van der Waals surface area contributed by atoms with Gasteiger partial charge in [0, 0.05) is 26.2 Å². The molecule has 28 heavy (non-hydrogen) atoms. The van der Waals surface area contributed by atoms with Crippen molar-refractivity contribution in [2.24, 2.45) is 4.99 Å². The van der Waals surface area contributed by atoms with Gasteiger partial charge in [-0.15, -0.1) is 24.0 Å². The number of hydrogen-bond donors (Lipinski definition) is 3. The van der Waals surface area contributed by atoms with E-state index in [9.17, 15) is 21.6 Å². The minimum Gasteiger partial charge on any atom is -0.357 e. The van der Waals surface area contributed by atoms with Crippen LogP contribution in [0.3, 0.4) is 0 Å². The van der Waals surface area contributed by atoms with Gasteiger partial charge in [-0.3, -0.25) is 4.99 Å². The molecule has 0 aliphatic rings. The Morgan fingerprint density at radius 3 is 2.25 bits per heavy atom. The predicted molar refractivity (Wildman–Crippen MR) is 117 cm³/mol. The van der Waals surface area contributed by atoms with E-state index in [0.717, 1.165) is 17.7 Å². The lowest BCUT2D eigenvalue weighted by molar-refractivity contribution is -0.137. The highest BCUT2D eigenvalue weighted by Gasteiger charge is 2.29. The molecule has 0 bridgehead atoms. The minimum atomic E-state index is -4.33. The summed E-state index contributed by atoms with van der Waals surface area (Å²) < 4.78 is 62.8. The SMILES string of the molecule is CCNC(=NCCCNS(=O)(=O)CC)NCCc1ccc(C(F)(F)F)cc1.I. The number of sulfonamides is 1. The molecule has 0 unspecified atom stereocenters. The van der Waals surface area contributed by atoms with Crippen LogP contribution < -0.4 is 15.4 Å². The number of halogens is 4. The second kappa shape index (κ2) is 13.2. The second-order valence-corrected chi connectivity index (χ2v) is 7.88. The summed E-state index contributed by atoms with van der Waals surface area (Å²) >= 11 is 0. The standard InChI is InChI=1S/C17H27F3N4O2S.HI/c1-3-21-16(22-11-5-12-24-27(25,26)4-2)23-13-10-14-6-8-15(9-7-14)17(18,19)20;/h6-9,24H,3-5,10-13H2,1-2H3,(H2,21,22,23);1H. The average Bonchev–Trinajstić information content (AvgIpc) is 2.61. The lowest BCUT2D eigenvalue weighted by atomic mass is 10.1. The van der Waals surface area contributed by atoms with E-state index in [1.807, 2.05) is 6.92 Å². The predicted octanol–water partition coefficient (Wildman–Crippen LogP) is 2.75. The summed E-state index contributed by atoms with van der Waals surface area (Å²) in [5.41, 5.74) is 0.133. The summed E-state index contributed by atoms with van der Waals surface area (Å²) in [7, 11) is -3.19. The lowest BCUT2D eigenvalue weighted by Crippen LogP contribution is -2.38. The van der Waals surface area contributed by atoms with E-state index in [1.54, 1.807) is 6.92 Å². The molecule has 0 spiro atoms. The van der Waals surface area contributed by atoms with Gasteiger partial charge in [0.25, 0.3) is 0 Å². The third kappa shape index (κ3) is 11.1. The van der Waals surface area contributed by atoms with Gasteiger partial charge in [0.05, 0.1) is 11.3 Å². The molecule has 0 heterocycles. The molecule has 1 aromatic carbocycles. The van der Waals surface area contributed by atoms with Gasteiger partial charge in [-0.05, 0) is 44.4 Å². The molecule has 0 amide bonds. The van der Waals surface area contributed by atoms with Crippen molar-refractivity contribution in [2.45, 2.75) is 32.9 Å². The summed E-state index contributed by atoms with van der Waals surface area (Å²) in [5.74, 6) is 0.632. The van der Waals surface area contributed by atoms with Crippen molar-refractivity contribution in [1.82, 2.24) is 15.4 Å². The maximum absolute atomic E-state index is 12.5. The first-order valence-corrected chi connectivity index (χ1v) is 10.5. The van der Waals surface area contributed by atoms with E-state index in [4.69, 9.17) is 0 Å². The zero-order chi connectivity index (χ0) is 20.3. The summed E-state index contributed by atoms with van der Waals surface area (Å²) in [6.45, 7) is 5.44. The monoisotopic (exact) mass is 536 g/mol. The molecular formula is C17H28F3IN4O2S. The Kier molecular flexibility index (Phi) is 12.7. The molecule has 1 rings (SSSR count). The normalized spacial score (nSPS) is 12.4. The van der Waals surface area contributed by atoms with Crippen molar-refractivity contribution in [3.05, 3.63) is 35.4 Å². The van der Waals surface area contributed by atoms with Crippen molar-refractivity contribution >= 4 is 40.0 Å². The fourth-order valence-corrected chi connectivity index (χ4v) is 2.79. The molecule has 162 valence electrons. The highest BCUT2D eigenvalue weighted by atomic mass is 127. The van der Waals surface area contributed by atoms with Crippen molar-refractivity contribution in [3.8, 4) is 0 Å². The first kappa shape index (κ1) is 26.9. The molecule has 0 fully saturated rings. The molecule has 0 aromatic heterocycles. The fraction of sp³-hybridized carbons (Fsp3) is 0.588. The molecule has 0 radical (unpaired) electrons. The van der Waals surface area contributed by atoms with Crippen LogP contribution in [0.25, 0.3) is 0 Å². The van der Waals surface area contributed by atoms with Crippen molar-refractivity contribution in [1.29, 1.82) is 0 Å². The Balaban J connectivity index is 0.00000729. The Morgan fingerprint density at radius 1 is 1.07 bits per heavy atom. The largest absolute Gasteiger partial charge is 0.416 e. The van der Waals surface area contributed by atoms with Crippen LogP contribution in [-0.2, 0) is 22.6 Å². The molecule has 3 N–H and O–H groups in total. The maximum Gasteiger partial charge on any atom is 0.416 e. The average molecular weight is 536 g/mol. The summed E-state index contributed by atoms with van der Waals surface area (Å²) in [6, 6.07) is 5.08. The van der Waals surface area contributed by atoms with Gasteiger partial charge < -0.3 is 10.6 Å². The highest BCUT2D eigenvalue weighted by Crippen LogP contribution is 2.29. The van der Waals surface area contributed by atoms with E-state index in [-0.39, 0.29) is 29.7 Å². The fourth-order valence-electron chi connectivity index (χ4n) is 2.13. The van der Waals surface area contributed by atoms with Gasteiger partial charge in [0.1, 0.15) is 0 Å². The number of rotatable bonds is 10. The highest BCUT2D eigenvalue weighted by molar-refractivity contribution is 14.0. The molecule has 0 saturated carbocycles. The van der Waals surface area contributed by atoms with Crippen molar-refractivity contribution in [3.63, 3.8) is 0 Å². The second-order valence-electron chi connectivity index (χ2n) is 5.78. The van der Waals surface area contributed by atoms with Gasteiger partial charge in [0.2, 0.25) is 10.0 Å². The molecule has 11 heteroatoms. The Labute approximate surface area is 181 Å². The number of nitrogens with one attached hydrogen (secondary N) is 3. The quantitative estimate of drug-likeness (QED) is 0.186. The van der Waals surface area contributed by atoms with Crippen LogP contribution in [0.5, 0.6) is 0 Å². The topological polar surface area (TPSA) is 82.6 Å². The Bertz CT molecular complexity index is 695. The van der Waals surface area contributed by atoms with Crippen LogP contribution >= 0.6 is 24.0 Å². The van der Waals surface area contributed by atoms with E-state index >= 15 is 0 Å². The van der Waals surface area contributed by atoms with Crippen LogP contribution in [-0.4, -0.2) is 46.3 Å². The molecule has 0 atom stereocenters. The number of aliphatic imine (C=N–C) groups is 1. The molecule has 1 aromatic rings. The van der Waals surface area contributed by atoms with Crippen molar-refractivity contribution in [2.75, 3.05) is 31.9 Å². The smallest absolute Gasteiger partial charge is 0.357 e. The number of nitrogens with zero attached hydrogens (tertiary/aromatic N) is 1. The molecular weight excluding hydrogens is 508 g/mol. The number of alkyl halides is 3. The maximum atomic E-state index is 12.5. The van der Waals surface area contributed by atoms with Crippen LogP contribution in [0, 0.1) is 0 Å². The van der Waals surface area contributed by atoms with E-state index < -0.39 is 21.8 Å². The van der Waals surface area contributed by atoms with Gasteiger partial charge in [-0.1, -0.05) is 12.1 Å². The Hall–Kier alpha value is -1.08. The first-order chi connectivity index (χ1) is 12.7. The first-order valence-electron chi connectivity index (χ1n) is 8.83. The third-order valence-electron chi connectivity index (χ3n) is 3.64.